The van der Waals surface area contributed by atoms with Gasteiger partial charge in [0.1, 0.15) is 0 Å². The van der Waals surface area contributed by atoms with Gasteiger partial charge >= 0.3 is 12.4 Å². The van der Waals surface area contributed by atoms with Crippen LogP contribution in [0, 0.1) is 0 Å². The lowest BCUT2D eigenvalue weighted by Crippen LogP contribution is -2.13. The number of alkyl halides is 6. The summed E-state index contributed by atoms with van der Waals surface area (Å²) in [6, 6.07) is 7.22. The molecule has 0 saturated heterocycles. The number of rotatable bonds is 3. The molecule has 2 aromatic rings. The third-order valence-corrected chi connectivity index (χ3v) is 3.55. The highest BCUT2D eigenvalue weighted by atomic mass is 35.5. The van der Waals surface area contributed by atoms with E-state index in [-0.39, 0.29) is 12.5 Å². The van der Waals surface area contributed by atoms with Gasteiger partial charge < -0.3 is 5.11 Å². The highest BCUT2D eigenvalue weighted by Crippen LogP contribution is 2.37. The molecule has 0 amide bonds. The zero-order valence-corrected chi connectivity index (χ0v) is 12.7. The predicted octanol–water partition coefficient (Wildman–Crippen LogP) is 5.65. The summed E-state index contributed by atoms with van der Waals surface area (Å²) in [7, 11) is 0. The Labute approximate surface area is 138 Å². The summed E-state index contributed by atoms with van der Waals surface area (Å²) in [6.07, 6.45) is -11.6. The maximum atomic E-state index is 12.8. The van der Waals surface area contributed by atoms with Crippen LogP contribution in [-0.4, -0.2) is 5.11 Å². The molecule has 0 fully saturated rings. The van der Waals surface area contributed by atoms with E-state index in [9.17, 15) is 31.4 Å². The van der Waals surface area contributed by atoms with E-state index in [0.717, 1.165) is 0 Å². The smallest absolute Gasteiger partial charge is 0.388 e. The normalized spacial score (nSPS) is 13.8. The summed E-state index contributed by atoms with van der Waals surface area (Å²) in [5.41, 5.74) is -2.90. The van der Waals surface area contributed by atoms with Gasteiger partial charge in [-0.25, -0.2) is 0 Å². The molecule has 0 aliphatic carbocycles. The van der Waals surface area contributed by atoms with E-state index in [1.165, 1.54) is 6.07 Å². The van der Waals surface area contributed by atoms with Crippen molar-refractivity contribution in [2.75, 3.05) is 0 Å². The van der Waals surface area contributed by atoms with Crippen LogP contribution in [0.15, 0.2) is 42.5 Å². The van der Waals surface area contributed by atoms with Crippen molar-refractivity contribution in [3.05, 3.63) is 69.7 Å². The molecular formula is C16H11ClF6O. The van der Waals surface area contributed by atoms with Gasteiger partial charge in [-0.15, -0.1) is 0 Å². The summed E-state index contributed by atoms with van der Waals surface area (Å²) in [6.45, 7) is 0. The molecule has 2 aromatic carbocycles. The molecule has 0 heterocycles. The van der Waals surface area contributed by atoms with E-state index < -0.39 is 35.1 Å². The molecule has 0 bridgehead atoms. The molecule has 0 aromatic heterocycles. The Kier molecular flexibility index (Phi) is 5.15. The van der Waals surface area contributed by atoms with Crippen molar-refractivity contribution in [1.82, 2.24) is 0 Å². The number of halogens is 7. The maximum Gasteiger partial charge on any atom is 0.416 e. The van der Waals surface area contributed by atoms with Gasteiger partial charge in [0.15, 0.2) is 0 Å². The van der Waals surface area contributed by atoms with Gasteiger partial charge in [-0.3, -0.25) is 0 Å². The van der Waals surface area contributed by atoms with Crippen LogP contribution in [0.1, 0.15) is 28.4 Å². The average Bonchev–Trinajstić information content (AvgIpc) is 2.45. The Morgan fingerprint density at radius 3 is 1.88 bits per heavy atom. The summed E-state index contributed by atoms with van der Waals surface area (Å²) >= 11 is 5.77. The fraction of sp³-hybridized carbons (Fsp3) is 0.250. The molecule has 1 atom stereocenters. The van der Waals surface area contributed by atoms with Crippen molar-refractivity contribution >= 4 is 11.6 Å². The lowest BCUT2D eigenvalue weighted by atomic mass is 9.97. The quantitative estimate of drug-likeness (QED) is 0.694. The number of hydrogen-bond acceptors (Lipinski definition) is 1. The third kappa shape index (κ3) is 4.64. The third-order valence-electron chi connectivity index (χ3n) is 3.31. The Balaban J connectivity index is 2.41. The van der Waals surface area contributed by atoms with Crippen LogP contribution >= 0.6 is 11.6 Å². The molecule has 0 spiro atoms. The van der Waals surface area contributed by atoms with Gasteiger partial charge in [-0.2, -0.15) is 26.3 Å². The minimum Gasteiger partial charge on any atom is -0.388 e. The highest BCUT2D eigenvalue weighted by Gasteiger charge is 2.37. The van der Waals surface area contributed by atoms with Crippen LogP contribution in [-0.2, 0) is 18.8 Å². The lowest BCUT2D eigenvalue weighted by Gasteiger charge is -2.17. The van der Waals surface area contributed by atoms with Crippen molar-refractivity contribution in [2.45, 2.75) is 24.9 Å². The SMILES string of the molecule is OC(Cc1cccc(Cl)c1)c1cc(C(F)(F)F)cc(C(F)(F)F)c1. The molecule has 1 N–H and O–H groups in total. The number of aliphatic hydroxyl groups excluding tert-OH is 1. The number of hydrogen-bond donors (Lipinski definition) is 1. The predicted molar refractivity (Wildman–Crippen MR) is 76.6 cm³/mol. The first-order valence-electron chi connectivity index (χ1n) is 6.68. The molecule has 1 nitrogen and oxygen atoms in total. The summed E-state index contributed by atoms with van der Waals surface area (Å²) in [4.78, 5) is 0. The molecule has 0 aliphatic heterocycles. The van der Waals surface area contributed by atoms with E-state index in [1.54, 1.807) is 18.2 Å². The van der Waals surface area contributed by atoms with Gasteiger partial charge in [0.05, 0.1) is 17.2 Å². The molecule has 0 radical (unpaired) electrons. The molecule has 130 valence electrons. The topological polar surface area (TPSA) is 20.2 Å². The number of benzene rings is 2. The van der Waals surface area contributed by atoms with Crippen LogP contribution < -0.4 is 0 Å². The largest absolute Gasteiger partial charge is 0.416 e. The van der Waals surface area contributed by atoms with E-state index in [2.05, 4.69) is 0 Å². The molecular weight excluding hydrogens is 358 g/mol. The Morgan fingerprint density at radius 1 is 0.875 bits per heavy atom. The Bertz CT molecular complexity index is 691. The van der Waals surface area contributed by atoms with Crippen molar-refractivity contribution in [1.29, 1.82) is 0 Å². The average molecular weight is 369 g/mol. The van der Waals surface area contributed by atoms with E-state index in [0.29, 0.717) is 22.7 Å². The maximum absolute atomic E-state index is 12.8. The lowest BCUT2D eigenvalue weighted by molar-refractivity contribution is -0.143. The first kappa shape index (κ1) is 18.6. The molecule has 8 heteroatoms. The molecule has 2 rings (SSSR count). The first-order chi connectivity index (χ1) is 11.0. The van der Waals surface area contributed by atoms with Crippen LogP contribution in [0.25, 0.3) is 0 Å². The fourth-order valence-electron chi connectivity index (χ4n) is 2.18. The summed E-state index contributed by atoms with van der Waals surface area (Å²) in [5, 5.41) is 10.4. The molecule has 24 heavy (non-hydrogen) atoms. The second-order valence-corrected chi connectivity index (χ2v) is 5.63. The minimum absolute atomic E-state index is 0.0234. The monoisotopic (exact) mass is 368 g/mol. The standard InChI is InChI=1S/C16H11ClF6O/c17-13-3-1-2-9(4-13)5-14(24)10-6-11(15(18,19)20)8-12(7-10)16(21,22)23/h1-4,6-8,14,24H,5H2. The minimum atomic E-state index is -4.95. The van der Waals surface area contributed by atoms with Crippen LogP contribution in [0.2, 0.25) is 5.02 Å². The zero-order chi connectivity index (χ0) is 18.1. The van der Waals surface area contributed by atoms with E-state index in [4.69, 9.17) is 11.6 Å². The Morgan fingerprint density at radius 2 is 1.42 bits per heavy atom. The first-order valence-corrected chi connectivity index (χ1v) is 7.06. The van der Waals surface area contributed by atoms with Crippen LogP contribution in [0.3, 0.4) is 0 Å². The van der Waals surface area contributed by atoms with Crippen molar-refractivity contribution in [3.8, 4) is 0 Å². The Hall–Kier alpha value is -1.73. The zero-order valence-electron chi connectivity index (χ0n) is 11.9. The van der Waals surface area contributed by atoms with Gasteiger partial charge in [0, 0.05) is 11.4 Å². The summed E-state index contributed by atoms with van der Waals surface area (Å²) in [5.74, 6) is 0. The second kappa shape index (κ2) is 6.64. The second-order valence-electron chi connectivity index (χ2n) is 5.19. The fourth-order valence-corrected chi connectivity index (χ4v) is 2.39. The van der Waals surface area contributed by atoms with E-state index in [1.807, 2.05) is 0 Å². The molecule has 0 aliphatic rings. The van der Waals surface area contributed by atoms with E-state index >= 15 is 0 Å². The van der Waals surface area contributed by atoms with Crippen molar-refractivity contribution in [2.24, 2.45) is 0 Å². The van der Waals surface area contributed by atoms with Crippen molar-refractivity contribution < 1.29 is 31.4 Å². The highest BCUT2D eigenvalue weighted by molar-refractivity contribution is 6.30. The number of aliphatic hydroxyl groups is 1. The van der Waals surface area contributed by atoms with Gasteiger partial charge in [0.2, 0.25) is 0 Å². The van der Waals surface area contributed by atoms with Gasteiger partial charge in [-0.05, 0) is 41.5 Å². The summed E-state index contributed by atoms with van der Waals surface area (Å²) < 4.78 is 76.9. The van der Waals surface area contributed by atoms with Gasteiger partial charge in [0.25, 0.3) is 0 Å². The molecule has 0 saturated carbocycles. The van der Waals surface area contributed by atoms with Crippen LogP contribution in [0.5, 0.6) is 0 Å². The van der Waals surface area contributed by atoms with Crippen LogP contribution in [0.4, 0.5) is 26.3 Å². The molecule has 1 unspecified atom stereocenters. The van der Waals surface area contributed by atoms with Crippen molar-refractivity contribution in [3.63, 3.8) is 0 Å². The van der Waals surface area contributed by atoms with Gasteiger partial charge in [-0.1, -0.05) is 23.7 Å².